The van der Waals surface area contributed by atoms with Crippen molar-refractivity contribution in [2.45, 2.75) is 19.9 Å². The Kier molecular flexibility index (Phi) is 10.2. The largest absolute Gasteiger partial charge is 0.382 e. The lowest BCUT2D eigenvalue weighted by molar-refractivity contribution is 0.0536. The predicted octanol–water partition coefficient (Wildman–Crippen LogP) is 1.74. The molecule has 132 valence electrons. The molecular formula is C15H27IN4O3. The Morgan fingerprint density at radius 1 is 1.52 bits per heavy atom. The van der Waals surface area contributed by atoms with E-state index in [4.69, 9.17) is 14.0 Å². The number of guanidine groups is 1. The van der Waals surface area contributed by atoms with E-state index in [1.807, 2.05) is 6.07 Å². The highest BCUT2D eigenvalue weighted by Gasteiger charge is 2.24. The standard InChI is InChI=1S/C15H26N4O3.HI/c1-3-16-15(17-10-14-5-7-22-18-14)19-6-4-13(11-19)12-21-9-8-20-2;/h5,7,13H,3-4,6,8-12H2,1-2H3,(H,16,17);1H. The van der Waals surface area contributed by atoms with Crippen LogP contribution in [-0.2, 0) is 16.0 Å². The molecule has 1 aromatic heterocycles. The minimum Gasteiger partial charge on any atom is -0.382 e. The number of nitrogens with zero attached hydrogens (tertiary/aromatic N) is 3. The highest BCUT2D eigenvalue weighted by Crippen LogP contribution is 2.17. The Labute approximate surface area is 154 Å². The molecule has 0 bridgehead atoms. The van der Waals surface area contributed by atoms with Crippen molar-refractivity contribution in [1.82, 2.24) is 15.4 Å². The summed E-state index contributed by atoms with van der Waals surface area (Å²) in [5, 5.41) is 7.23. The summed E-state index contributed by atoms with van der Waals surface area (Å²) in [6, 6.07) is 1.84. The molecule has 1 aliphatic rings. The fraction of sp³-hybridized carbons (Fsp3) is 0.733. The van der Waals surface area contributed by atoms with Crippen LogP contribution in [0.3, 0.4) is 0 Å². The zero-order chi connectivity index (χ0) is 15.6. The summed E-state index contributed by atoms with van der Waals surface area (Å²) in [7, 11) is 1.69. The molecule has 8 heteroatoms. The van der Waals surface area contributed by atoms with Crippen LogP contribution in [0.25, 0.3) is 0 Å². The van der Waals surface area contributed by atoms with Gasteiger partial charge in [-0.1, -0.05) is 5.16 Å². The smallest absolute Gasteiger partial charge is 0.194 e. The van der Waals surface area contributed by atoms with Crippen molar-refractivity contribution in [1.29, 1.82) is 0 Å². The lowest BCUT2D eigenvalue weighted by Crippen LogP contribution is -2.40. The van der Waals surface area contributed by atoms with E-state index in [1.165, 1.54) is 0 Å². The van der Waals surface area contributed by atoms with Gasteiger partial charge in [0, 0.05) is 38.7 Å². The minimum atomic E-state index is 0. The normalized spacial score (nSPS) is 18.1. The van der Waals surface area contributed by atoms with E-state index in [0.29, 0.717) is 25.7 Å². The van der Waals surface area contributed by atoms with Crippen LogP contribution in [0.1, 0.15) is 19.0 Å². The molecule has 7 nitrogen and oxygen atoms in total. The minimum absolute atomic E-state index is 0. The number of ether oxygens (including phenoxy) is 2. The molecule has 1 atom stereocenters. The third kappa shape index (κ3) is 7.05. The quantitative estimate of drug-likeness (QED) is 0.289. The molecule has 1 fully saturated rings. The van der Waals surface area contributed by atoms with Crippen molar-refractivity contribution in [3.8, 4) is 0 Å². The van der Waals surface area contributed by atoms with Gasteiger partial charge < -0.3 is 24.2 Å². The van der Waals surface area contributed by atoms with Crippen molar-refractivity contribution in [2.75, 3.05) is 46.6 Å². The lowest BCUT2D eigenvalue weighted by atomic mass is 10.1. The van der Waals surface area contributed by atoms with Gasteiger partial charge in [0.1, 0.15) is 12.0 Å². The van der Waals surface area contributed by atoms with Crippen molar-refractivity contribution in [3.05, 3.63) is 18.0 Å². The van der Waals surface area contributed by atoms with Crippen LogP contribution in [0.4, 0.5) is 0 Å². The number of aromatic nitrogens is 1. The summed E-state index contributed by atoms with van der Waals surface area (Å²) < 4.78 is 15.5. The number of nitrogens with one attached hydrogen (secondary N) is 1. The molecule has 0 radical (unpaired) electrons. The average Bonchev–Trinajstić information content (AvgIpc) is 3.19. The molecule has 2 heterocycles. The Hall–Kier alpha value is -0.870. The van der Waals surface area contributed by atoms with Crippen LogP contribution in [0.5, 0.6) is 0 Å². The van der Waals surface area contributed by atoms with Gasteiger partial charge in [0.2, 0.25) is 0 Å². The summed E-state index contributed by atoms with van der Waals surface area (Å²) in [6.45, 7) is 7.52. The first kappa shape index (κ1) is 20.2. The second-order valence-electron chi connectivity index (χ2n) is 5.33. The second-order valence-corrected chi connectivity index (χ2v) is 5.33. The van der Waals surface area contributed by atoms with Crippen molar-refractivity contribution in [2.24, 2.45) is 10.9 Å². The van der Waals surface area contributed by atoms with E-state index >= 15 is 0 Å². The average molecular weight is 438 g/mol. The summed E-state index contributed by atoms with van der Waals surface area (Å²) in [5.74, 6) is 1.48. The number of halogens is 1. The lowest BCUT2D eigenvalue weighted by Gasteiger charge is -2.21. The fourth-order valence-corrected chi connectivity index (χ4v) is 2.45. The number of hydrogen-bond donors (Lipinski definition) is 1. The van der Waals surface area contributed by atoms with Crippen LogP contribution in [0.2, 0.25) is 0 Å². The van der Waals surface area contributed by atoms with E-state index in [1.54, 1.807) is 13.4 Å². The molecular weight excluding hydrogens is 411 g/mol. The predicted molar refractivity (Wildman–Crippen MR) is 99.1 cm³/mol. The summed E-state index contributed by atoms with van der Waals surface area (Å²) in [6.07, 6.45) is 2.70. The Bertz CT molecular complexity index is 442. The monoisotopic (exact) mass is 438 g/mol. The Morgan fingerprint density at radius 3 is 3.09 bits per heavy atom. The van der Waals surface area contributed by atoms with Gasteiger partial charge in [0.25, 0.3) is 0 Å². The zero-order valence-electron chi connectivity index (χ0n) is 13.9. The molecule has 1 unspecified atom stereocenters. The van der Waals surface area contributed by atoms with Crippen molar-refractivity contribution < 1.29 is 14.0 Å². The van der Waals surface area contributed by atoms with Crippen LogP contribution in [0.15, 0.2) is 21.8 Å². The second kappa shape index (κ2) is 11.6. The molecule has 1 N–H and O–H groups in total. The maximum Gasteiger partial charge on any atom is 0.194 e. The topological polar surface area (TPSA) is 72.1 Å². The van der Waals surface area contributed by atoms with Crippen LogP contribution in [-0.4, -0.2) is 62.6 Å². The van der Waals surface area contributed by atoms with Gasteiger partial charge in [-0.05, 0) is 13.3 Å². The maximum atomic E-state index is 5.63. The van der Waals surface area contributed by atoms with Crippen molar-refractivity contribution >= 4 is 29.9 Å². The molecule has 0 aliphatic carbocycles. The zero-order valence-corrected chi connectivity index (χ0v) is 16.2. The number of hydrogen-bond acceptors (Lipinski definition) is 5. The van der Waals surface area contributed by atoms with Crippen LogP contribution in [0, 0.1) is 5.92 Å². The van der Waals surface area contributed by atoms with Crippen LogP contribution >= 0.6 is 24.0 Å². The molecule has 1 saturated heterocycles. The van der Waals surface area contributed by atoms with Gasteiger partial charge in [-0.25, -0.2) is 4.99 Å². The van der Waals surface area contributed by atoms with Gasteiger partial charge >= 0.3 is 0 Å². The van der Waals surface area contributed by atoms with E-state index in [2.05, 4.69) is 27.3 Å². The Morgan fingerprint density at radius 2 is 2.39 bits per heavy atom. The molecule has 1 aliphatic heterocycles. The van der Waals surface area contributed by atoms with Gasteiger partial charge in [0.05, 0.1) is 26.4 Å². The molecule has 0 amide bonds. The van der Waals surface area contributed by atoms with Gasteiger partial charge in [-0.3, -0.25) is 0 Å². The molecule has 23 heavy (non-hydrogen) atoms. The van der Waals surface area contributed by atoms with Gasteiger partial charge in [-0.15, -0.1) is 24.0 Å². The van der Waals surface area contributed by atoms with E-state index in [0.717, 1.165) is 44.3 Å². The van der Waals surface area contributed by atoms with Crippen molar-refractivity contribution in [3.63, 3.8) is 0 Å². The number of aliphatic imine (C=N–C) groups is 1. The van der Waals surface area contributed by atoms with Gasteiger partial charge in [-0.2, -0.15) is 0 Å². The molecule has 0 aromatic carbocycles. The molecule has 2 rings (SSSR count). The third-order valence-electron chi connectivity index (χ3n) is 3.59. The first-order valence-electron chi connectivity index (χ1n) is 7.82. The van der Waals surface area contributed by atoms with E-state index in [-0.39, 0.29) is 24.0 Å². The third-order valence-corrected chi connectivity index (χ3v) is 3.59. The number of likely N-dealkylation sites (tertiary alicyclic amines) is 1. The number of rotatable bonds is 8. The summed E-state index contributed by atoms with van der Waals surface area (Å²) in [4.78, 5) is 6.92. The summed E-state index contributed by atoms with van der Waals surface area (Å²) in [5.41, 5.74) is 0.842. The van der Waals surface area contributed by atoms with E-state index in [9.17, 15) is 0 Å². The first-order valence-corrected chi connectivity index (χ1v) is 7.82. The Balaban J connectivity index is 0.00000264. The molecule has 0 spiro atoms. The first-order chi connectivity index (χ1) is 10.8. The molecule has 1 aromatic rings. The fourth-order valence-electron chi connectivity index (χ4n) is 2.45. The highest BCUT2D eigenvalue weighted by atomic mass is 127. The maximum absolute atomic E-state index is 5.63. The molecule has 0 saturated carbocycles. The van der Waals surface area contributed by atoms with Gasteiger partial charge in [0.15, 0.2) is 5.96 Å². The number of methoxy groups -OCH3 is 1. The summed E-state index contributed by atoms with van der Waals surface area (Å²) >= 11 is 0. The van der Waals surface area contributed by atoms with E-state index < -0.39 is 0 Å². The van der Waals surface area contributed by atoms with Crippen LogP contribution < -0.4 is 5.32 Å². The highest BCUT2D eigenvalue weighted by molar-refractivity contribution is 14.0. The SMILES string of the molecule is CCNC(=NCc1ccon1)N1CCC(COCCOC)C1.I.